The number of hydrogen-bond donors (Lipinski definition) is 2. The quantitative estimate of drug-likeness (QED) is 0.466. The van der Waals surface area contributed by atoms with Crippen LogP contribution in [-0.4, -0.2) is 42.4 Å². The molecular formula is C19H26N2O6. The molecule has 0 heterocycles. The highest BCUT2D eigenvalue weighted by atomic mass is 16.6. The Kier molecular flexibility index (Phi) is 8.98. The summed E-state index contributed by atoms with van der Waals surface area (Å²) in [5.74, 6) is -1.63. The molecule has 27 heavy (non-hydrogen) atoms. The second-order valence-corrected chi connectivity index (χ2v) is 6.83. The second-order valence-electron chi connectivity index (χ2n) is 6.83. The van der Waals surface area contributed by atoms with E-state index in [0.29, 0.717) is 6.41 Å². The average Bonchev–Trinajstić information content (AvgIpc) is 2.61. The summed E-state index contributed by atoms with van der Waals surface area (Å²) < 4.78 is 10.2. The lowest BCUT2D eigenvalue weighted by Gasteiger charge is -2.23. The van der Waals surface area contributed by atoms with E-state index in [0.717, 1.165) is 5.56 Å². The first-order valence-corrected chi connectivity index (χ1v) is 8.60. The van der Waals surface area contributed by atoms with Gasteiger partial charge in [0.25, 0.3) is 0 Å². The van der Waals surface area contributed by atoms with E-state index in [-0.39, 0.29) is 26.0 Å². The van der Waals surface area contributed by atoms with E-state index in [9.17, 15) is 19.2 Å². The molecule has 1 aromatic carbocycles. The van der Waals surface area contributed by atoms with Crippen molar-refractivity contribution in [2.24, 2.45) is 0 Å². The summed E-state index contributed by atoms with van der Waals surface area (Å²) in [6.45, 7) is 4.97. The van der Waals surface area contributed by atoms with Gasteiger partial charge < -0.3 is 20.1 Å². The molecular weight excluding hydrogens is 352 g/mol. The summed E-state index contributed by atoms with van der Waals surface area (Å²) in [7, 11) is 0. The van der Waals surface area contributed by atoms with Crippen LogP contribution < -0.4 is 10.6 Å². The molecule has 0 aliphatic rings. The van der Waals surface area contributed by atoms with Crippen molar-refractivity contribution in [2.45, 2.75) is 51.9 Å². The van der Waals surface area contributed by atoms with Gasteiger partial charge in [-0.05, 0) is 32.8 Å². The van der Waals surface area contributed by atoms with Crippen molar-refractivity contribution in [2.75, 3.05) is 6.54 Å². The summed E-state index contributed by atoms with van der Waals surface area (Å²) >= 11 is 0. The van der Waals surface area contributed by atoms with Gasteiger partial charge in [0.15, 0.2) is 0 Å². The van der Waals surface area contributed by atoms with Crippen molar-refractivity contribution in [1.29, 1.82) is 0 Å². The smallest absolute Gasteiger partial charge is 0.329 e. The minimum atomic E-state index is -0.933. The van der Waals surface area contributed by atoms with E-state index >= 15 is 0 Å². The molecule has 0 bridgehead atoms. The van der Waals surface area contributed by atoms with E-state index in [4.69, 9.17) is 9.47 Å². The third-order valence-corrected chi connectivity index (χ3v) is 3.29. The fraction of sp³-hybridized carbons (Fsp3) is 0.474. The molecule has 1 unspecified atom stereocenters. The van der Waals surface area contributed by atoms with Crippen LogP contribution in [0.4, 0.5) is 0 Å². The van der Waals surface area contributed by atoms with Crippen molar-refractivity contribution in [3.05, 3.63) is 35.9 Å². The number of rotatable bonds is 10. The van der Waals surface area contributed by atoms with Crippen LogP contribution in [0.15, 0.2) is 30.3 Å². The lowest BCUT2D eigenvalue weighted by atomic mass is 10.1. The average molecular weight is 378 g/mol. The van der Waals surface area contributed by atoms with Crippen LogP contribution in [0.25, 0.3) is 0 Å². The van der Waals surface area contributed by atoms with Gasteiger partial charge in [-0.1, -0.05) is 30.3 Å². The number of benzene rings is 1. The highest BCUT2D eigenvalue weighted by Crippen LogP contribution is 2.10. The third-order valence-electron chi connectivity index (χ3n) is 3.29. The van der Waals surface area contributed by atoms with Crippen molar-refractivity contribution >= 4 is 24.3 Å². The fourth-order valence-corrected chi connectivity index (χ4v) is 2.05. The predicted molar refractivity (Wildman–Crippen MR) is 97.3 cm³/mol. The highest BCUT2D eigenvalue weighted by molar-refractivity contribution is 5.83. The van der Waals surface area contributed by atoms with Crippen molar-refractivity contribution in [3.8, 4) is 0 Å². The van der Waals surface area contributed by atoms with Crippen molar-refractivity contribution in [1.82, 2.24) is 10.6 Å². The van der Waals surface area contributed by atoms with E-state index in [1.54, 1.807) is 20.8 Å². The number of amides is 2. The molecule has 148 valence electrons. The van der Waals surface area contributed by atoms with Gasteiger partial charge in [-0.25, -0.2) is 4.79 Å². The maximum atomic E-state index is 12.0. The fourth-order valence-electron chi connectivity index (χ4n) is 2.05. The van der Waals surface area contributed by atoms with Crippen LogP contribution in [0.5, 0.6) is 0 Å². The van der Waals surface area contributed by atoms with Gasteiger partial charge >= 0.3 is 11.9 Å². The van der Waals surface area contributed by atoms with E-state index in [1.807, 2.05) is 30.3 Å². The molecule has 1 atom stereocenters. The van der Waals surface area contributed by atoms with Crippen LogP contribution in [0.1, 0.15) is 39.2 Å². The molecule has 8 nitrogen and oxygen atoms in total. The zero-order valence-corrected chi connectivity index (χ0v) is 15.8. The number of ether oxygens (including phenoxy) is 2. The lowest BCUT2D eigenvalue weighted by molar-refractivity contribution is -0.158. The molecule has 0 aliphatic heterocycles. The Morgan fingerprint density at radius 3 is 2.41 bits per heavy atom. The molecule has 0 spiro atoms. The maximum Gasteiger partial charge on any atom is 0.329 e. The van der Waals surface area contributed by atoms with E-state index in [2.05, 4.69) is 10.6 Å². The van der Waals surface area contributed by atoms with Crippen LogP contribution in [-0.2, 0) is 35.3 Å². The van der Waals surface area contributed by atoms with Gasteiger partial charge in [-0.2, -0.15) is 0 Å². The maximum absolute atomic E-state index is 12.0. The number of carbonyl (C=O) groups is 4. The van der Waals surface area contributed by atoms with Crippen LogP contribution >= 0.6 is 0 Å². The molecule has 0 saturated carbocycles. The summed E-state index contributed by atoms with van der Waals surface area (Å²) in [4.78, 5) is 46.2. The molecule has 0 aromatic heterocycles. The van der Waals surface area contributed by atoms with E-state index in [1.165, 1.54) is 0 Å². The standard InChI is InChI=1S/C19H26N2O6/c1-19(2,3)27-18(25)15(21-13-22)9-10-16(23)20-11-17(24)26-12-14-7-5-4-6-8-14/h4-8,13,15H,9-12H2,1-3H3,(H,20,23)(H,21,22). The molecule has 0 aliphatic carbocycles. The molecule has 2 N–H and O–H groups in total. The highest BCUT2D eigenvalue weighted by Gasteiger charge is 2.25. The second kappa shape index (κ2) is 10.9. The first kappa shape index (κ1) is 22.1. The molecule has 8 heteroatoms. The summed E-state index contributed by atoms with van der Waals surface area (Å²) in [6.07, 6.45) is 0.378. The minimum Gasteiger partial charge on any atom is -0.460 e. The Hall–Kier alpha value is -2.90. The van der Waals surface area contributed by atoms with Gasteiger partial charge in [0, 0.05) is 6.42 Å². The summed E-state index contributed by atoms with van der Waals surface area (Å²) in [5, 5.41) is 4.76. The van der Waals surface area contributed by atoms with Gasteiger partial charge in [0.05, 0.1) is 0 Å². The zero-order chi connectivity index (χ0) is 20.3. The van der Waals surface area contributed by atoms with E-state index < -0.39 is 29.5 Å². The summed E-state index contributed by atoms with van der Waals surface area (Å²) in [6, 6.07) is 8.23. The first-order chi connectivity index (χ1) is 12.7. The van der Waals surface area contributed by atoms with Crippen LogP contribution in [0.2, 0.25) is 0 Å². The normalized spacial score (nSPS) is 11.8. The molecule has 1 aromatic rings. The largest absolute Gasteiger partial charge is 0.460 e. The third kappa shape index (κ3) is 9.98. The molecule has 0 saturated heterocycles. The van der Waals surface area contributed by atoms with Gasteiger partial charge in [0.1, 0.15) is 24.8 Å². The Morgan fingerprint density at radius 2 is 1.81 bits per heavy atom. The minimum absolute atomic E-state index is 0.0541. The SMILES string of the molecule is CC(C)(C)OC(=O)C(CCC(=O)NCC(=O)OCc1ccccc1)NC=O. The molecule has 0 fully saturated rings. The van der Waals surface area contributed by atoms with Gasteiger partial charge in [-0.15, -0.1) is 0 Å². The summed E-state index contributed by atoms with van der Waals surface area (Å²) in [5.41, 5.74) is 0.141. The topological polar surface area (TPSA) is 111 Å². The van der Waals surface area contributed by atoms with Crippen molar-refractivity contribution in [3.63, 3.8) is 0 Å². The number of esters is 2. The lowest BCUT2D eigenvalue weighted by Crippen LogP contribution is -2.41. The Bertz CT molecular complexity index is 639. The van der Waals surface area contributed by atoms with Crippen LogP contribution in [0, 0.1) is 0 Å². The Labute approximate surface area is 158 Å². The molecule has 0 radical (unpaired) electrons. The number of carbonyl (C=O) groups excluding carboxylic acids is 4. The van der Waals surface area contributed by atoms with Gasteiger partial charge in [0.2, 0.25) is 12.3 Å². The molecule has 1 rings (SSSR count). The van der Waals surface area contributed by atoms with Crippen molar-refractivity contribution < 1.29 is 28.7 Å². The zero-order valence-electron chi connectivity index (χ0n) is 15.8. The first-order valence-electron chi connectivity index (χ1n) is 8.60. The Morgan fingerprint density at radius 1 is 1.15 bits per heavy atom. The number of hydrogen-bond acceptors (Lipinski definition) is 6. The number of nitrogens with one attached hydrogen (secondary N) is 2. The van der Waals surface area contributed by atoms with Gasteiger partial charge in [-0.3, -0.25) is 14.4 Å². The Balaban J connectivity index is 2.34. The van der Waals surface area contributed by atoms with Crippen LogP contribution in [0.3, 0.4) is 0 Å². The monoisotopic (exact) mass is 378 g/mol. The molecule has 2 amide bonds. The predicted octanol–water partition coefficient (Wildman–Crippen LogP) is 1.08.